The molecule has 0 aliphatic rings. The summed E-state index contributed by atoms with van der Waals surface area (Å²) in [5.74, 6) is -6.22. The highest BCUT2D eigenvalue weighted by molar-refractivity contribution is 6.08. The predicted molar refractivity (Wildman–Crippen MR) is 370 cm³/mol. The number of carbonyl (C=O) groups is 9. The summed E-state index contributed by atoms with van der Waals surface area (Å²) in [4.78, 5) is 128. The van der Waals surface area contributed by atoms with Crippen molar-refractivity contribution in [2.75, 3.05) is 75.9 Å². The fourth-order valence-electron chi connectivity index (χ4n) is 10.7. The van der Waals surface area contributed by atoms with Gasteiger partial charge in [0.1, 0.15) is 47.2 Å². The Hall–Kier alpha value is -10.1. The summed E-state index contributed by atoms with van der Waals surface area (Å²) in [5.41, 5.74) is 31.1. The van der Waals surface area contributed by atoms with Crippen molar-refractivity contribution in [2.45, 2.75) is 127 Å². The number of nitrogens with two attached hydrogens (primary N) is 5. The van der Waals surface area contributed by atoms with E-state index in [1.165, 1.54) is 95.2 Å². The number of aromatic amines is 1. The molecule has 0 saturated heterocycles. The molecule has 1 aromatic heterocycles. The third kappa shape index (κ3) is 22.5. The van der Waals surface area contributed by atoms with Gasteiger partial charge in [0, 0.05) is 46.3 Å². The minimum Gasteiger partial charge on any atom is -0.496 e. The lowest BCUT2D eigenvalue weighted by Gasteiger charge is -2.22. The molecule has 28 heteroatoms. The van der Waals surface area contributed by atoms with E-state index in [-0.39, 0.29) is 93.7 Å². The van der Waals surface area contributed by atoms with E-state index >= 15 is 0 Å². The number of ether oxygens (including phenoxy) is 4. The van der Waals surface area contributed by atoms with Crippen molar-refractivity contribution < 1.29 is 67.2 Å². The summed E-state index contributed by atoms with van der Waals surface area (Å²) < 4.78 is 22.1. The first-order chi connectivity index (χ1) is 46.8. The van der Waals surface area contributed by atoms with Crippen LogP contribution in [-0.2, 0) is 30.4 Å². The zero-order chi connectivity index (χ0) is 70.4. The number of aliphatic carboxylic acids is 1. The number of aromatic nitrogens is 1. The van der Waals surface area contributed by atoms with Crippen LogP contribution >= 0.6 is 0 Å². The van der Waals surface area contributed by atoms with Crippen LogP contribution in [0.3, 0.4) is 0 Å². The lowest BCUT2D eigenvalue weighted by Crippen LogP contribution is -2.44. The number of carboxylic acids is 1. The van der Waals surface area contributed by atoms with Gasteiger partial charge in [0.15, 0.2) is 0 Å². The van der Waals surface area contributed by atoms with Crippen LogP contribution in [0.5, 0.6) is 23.0 Å². The average molecular weight is 1340 g/mol. The zero-order valence-electron chi connectivity index (χ0n) is 55.3. The van der Waals surface area contributed by atoms with Crippen molar-refractivity contribution >= 4 is 86.9 Å². The molecule has 0 radical (unpaired) electrons. The summed E-state index contributed by atoms with van der Waals surface area (Å²) in [6.45, 7) is 1.58. The number of unbranched alkanes of at least 4 members (excludes halogenated alkanes) is 6. The molecule has 0 spiro atoms. The molecular weight excluding hydrogens is 1250 g/mol. The molecule has 522 valence electrons. The van der Waals surface area contributed by atoms with Gasteiger partial charge in [-0.1, -0.05) is 50.3 Å². The van der Waals surface area contributed by atoms with Crippen molar-refractivity contribution in [1.29, 1.82) is 0 Å². The summed E-state index contributed by atoms with van der Waals surface area (Å²) in [7, 11) is 5.40. The SMILES string of the molecule is COc1ccc(NC(=O)[C@H](CCCCN)NC(=O)c2cc(NC(=O)[C@H](CCCCCN)NC(=O)c3cc(NC(=O)[C@H](CCCCCN)NC(=O)c4cc(NC(=O)[C@@H](N)CCCCN)ccc4OC)ccc3OC)ccc2OC)cc1C(=O)N[C@@H](Cc1c[nH]c2ccccc12)C(=O)O. The second-order valence-electron chi connectivity index (χ2n) is 23.1. The van der Waals surface area contributed by atoms with Gasteiger partial charge in [0.2, 0.25) is 23.6 Å². The number of anilines is 4. The van der Waals surface area contributed by atoms with Gasteiger partial charge in [0.05, 0.1) is 56.7 Å². The molecule has 0 aliphatic carbocycles. The van der Waals surface area contributed by atoms with E-state index in [4.69, 9.17) is 47.6 Å². The lowest BCUT2D eigenvalue weighted by molar-refractivity contribution is -0.139. The first-order valence-corrected chi connectivity index (χ1v) is 32.3. The molecule has 6 aromatic rings. The van der Waals surface area contributed by atoms with Crippen LogP contribution in [-0.4, -0.2) is 148 Å². The molecule has 28 nitrogen and oxygen atoms in total. The summed E-state index contributed by atoms with van der Waals surface area (Å²) in [6.07, 6.45) is 8.34. The topological polar surface area (TPSA) is 453 Å². The van der Waals surface area contributed by atoms with E-state index in [9.17, 15) is 48.3 Å². The monoisotopic (exact) mass is 1340 g/mol. The maximum absolute atomic E-state index is 14.4. The van der Waals surface area contributed by atoms with Gasteiger partial charge in [-0.3, -0.25) is 38.4 Å². The first kappa shape index (κ1) is 75.9. The number of H-pyrrole nitrogens is 1. The number of carboxylic acid groups (broad SMARTS) is 1. The number of nitrogens with one attached hydrogen (secondary N) is 9. The number of rotatable bonds is 41. The molecule has 0 aliphatic heterocycles. The molecule has 1 heterocycles. The number of amides is 8. The third-order valence-corrected chi connectivity index (χ3v) is 16.1. The quantitative estimate of drug-likeness (QED) is 0.0214. The molecular formula is C69H92N14O14. The number of carbonyl (C=O) groups excluding carboxylic acids is 8. The van der Waals surface area contributed by atoms with Crippen LogP contribution in [0.2, 0.25) is 0 Å². The molecule has 5 atom stereocenters. The fraction of sp³-hybridized carbons (Fsp3) is 0.406. The van der Waals surface area contributed by atoms with E-state index in [0.29, 0.717) is 102 Å². The summed E-state index contributed by atoms with van der Waals surface area (Å²) >= 11 is 0. The number of fused-ring (bicyclic) bond motifs is 1. The molecule has 0 unspecified atom stereocenters. The Bertz CT molecular complexity index is 3680. The summed E-state index contributed by atoms with van der Waals surface area (Å²) in [5, 5.41) is 33.1. The Morgan fingerprint density at radius 1 is 0.412 bits per heavy atom. The number of para-hydroxylation sites is 1. The molecule has 0 bridgehead atoms. The van der Waals surface area contributed by atoms with Crippen molar-refractivity contribution in [3.8, 4) is 23.0 Å². The van der Waals surface area contributed by atoms with Crippen molar-refractivity contribution in [3.63, 3.8) is 0 Å². The maximum Gasteiger partial charge on any atom is 0.326 e. The normalized spacial score (nSPS) is 12.5. The highest BCUT2D eigenvalue weighted by Gasteiger charge is 2.30. The largest absolute Gasteiger partial charge is 0.496 e. The Morgan fingerprint density at radius 3 is 1.08 bits per heavy atom. The second kappa shape index (κ2) is 39.0. The van der Waals surface area contributed by atoms with Crippen LogP contribution in [0.15, 0.2) is 103 Å². The van der Waals surface area contributed by atoms with Crippen LogP contribution in [0.1, 0.15) is 137 Å². The summed E-state index contributed by atoms with van der Waals surface area (Å²) in [6, 6.07) is 19.1. The van der Waals surface area contributed by atoms with Gasteiger partial charge in [-0.15, -0.1) is 0 Å². The lowest BCUT2D eigenvalue weighted by atomic mass is 10.0. The van der Waals surface area contributed by atoms with Gasteiger partial charge in [-0.25, -0.2) is 4.79 Å². The maximum atomic E-state index is 14.4. The molecule has 97 heavy (non-hydrogen) atoms. The Balaban J connectivity index is 1.18. The Labute approximate surface area is 563 Å². The number of hydrogen-bond acceptors (Lipinski definition) is 18. The highest BCUT2D eigenvalue weighted by atomic mass is 16.5. The Kier molecular flexibility index (Phi) is 30.5. The molecule has 8 amide bonds. The van der Waals surface area contributed by atoms with E-state index in [1.807, 2.05) is 24.3 Å². The van der Waals surface area contributed by atoms with Crippen molar-refractivity contribution in [1.82, 2.24) is 26.3 Å². The van der Waals surface area contributed by atoms with E-state index in [0.717, 1.165) is 10.9 Å². The standard InChI is InChI=1S/C69H92N14O14/c1-94-57-27-23-42(76-65(88)51(74)18-11-15-33-72)36-47(57)61(84)80-53(20-7-5-13-31-70)66(89)77-43-24-28-58(95-2)48(37-43)62(85)81-54(21-8-6-14-32-71)67(90)78-44-25-29-59(96-3)49(38-44)63(86)82-55(22-12-16-34-73)68(91)79-45-26-30-60(97-4)50(39-45)64(87)83-56(69(92)93)35-41-40-75-52-19-10-9-17-46(41)52/h9-10,17,19,23-30,36-40,51,53-56,75H,5-8,11-16,18,20-22,31-35,70-74H2,1-4H3,(H,76,88)(H,77,89)(H,78,90)(H,79,91)(H,80,84)(H,81,85)(H,82,86)(H,83,87)(H,92,93)/t51-,53-,54-,55-,56-/m0/s1. The minimum absolute atomic E-state index is 0.0310. The van der Waals surface area contributed by atoms with E-state index < -0.39 is 83.4 Å². The molecule has 5 aromatic carbocycles. The molecule has 6 rings (SSSR count). The minimum atomic E-state index is -1.34. The molecule has 0 saturated carbocycles. The first-order valence-electron chi connectivity index (χ1n) is 32.3. The van der Waals surface area contributed by atoms with Crippen LogP contribution in [0.4, 0.5) is 22.7 Å². The van der Waals surface area contributed by atoms with Crippen LogP contribution < -0.4 is 90.2 Å². The van der Waals surface area contributed by atoms with Gasteiger partial charge >= 0.3 is 5.97 Å². The van der Waals surface area contributed by atoms with Crippen molar-refractivity contribution in [2.24, 2.45) is 28.7 Å². The highest BCUT2D eigenvalue weighted by Crippen LogP contribution is 2.29. The molecule has 20 N–H and O–H groups in total. The predicted octanol–water partition coefficient (Wildman–Crippen LogP) is 5.40. The fourth-order valence-corrected chi connectivity index (χ4v) is 10.7. The van der Waals surface area contributed by atoms with Gasteiger partial charge in [0.25, 0.3) is 23.6 Å². The third-order valence-electron chi connectivity index (χ3n) is 16.1. The van der Waals surface area contributed by atoms with Gasteiger partial charge in [-0.2, -0.15) is 0 Å². The Morgan fingerprint density at radius 2 is 0.732 bits per heavy atom. The van der Waals surface area contributed by atoms with Crippen LogP contribution in [0.25, 0.3) is 10.9 Å². The number of benzene rings is 5. The van der Waals surface area contributed by atoms with Gasteiger partial charge < -0.3 is 100 Å². The smallest absolute Gasteiger partial charge is 0.326 e. The second-order valence-corrected chi connectivity index (χ2v) is 23.1. The average Bonchev–Trinajstić information content (AvgIpc) is 1.67. The number of methoxy groups -OCH3 is 4. The van der Waals surface area contributed by atoms with Crippen LogP contribution in [0, 0.1) is 0 Å². The van der Waals surface area contributed by atoms with E-state index in [2.05, 4.69) is 47.5 Å². The van der Waals surface area contributed by atoms with Crippen molar-refractivity contribution in [3.05, 3.63) is 131 Å². The van der Waals surface area contributed by atoms with E-state index in [1.54, 1.807) is 12.3 Å². The number of hydrogen-bond donors (Lipinski definition) is 15. The van der Waals surface area contributed by atoms with Gasteiger partial charge in [-0.05, 0) is 168 Å². The molecule has 0 fully saturated rings. The zero-order valence-corrected chi connectivity index (χ0v) is 55.3.